The molecule has 0 fully saturated rings. The summed E-state index contributed by atoms with van der Waals surface area (Å²) in [7, 11) is 0. The van der Waals surface area contributed by atoms with Gasteiger partial charge in [0, 0.05) is 12.2 Å². The zero-order valence-corrected chi connectivity index (χ0v) is 4.53. The van der Waals surface area contributed by atoms with Gasteiger partial charge in [-0.3, -0.25) is 4.79 Å². The van der Waals surface area contributed by atoms with Crippen LogP contribution in [0.15, 0.2) is 12.2 Å². The fourth-order valence-corrected chi connectivity index (χ4v) is 0.189. The Morgan fingerprint density at radius 3 is 2.22 bits per heavy atom. The largest absolute Gasteiger partial charge is 0.370 e. The zero-order chi connectivity index (χ0) is 7.28. The number of amides is 1. The van der Waals surface area contributed by atoms with Gasteiger partial charge in [0.05, 0.1) is 0 Å². The summed E-state index contributed by atoms with van der Waals surface area (Å²) in [5, 5.41) is 0. The van der Waals surface area contributed by atoms with Gasteiger partial charge in [-0.05, 0) is 0 Å². The maximum Gasteiger partial charge on any atom is 0.349 e. The minimum atomic E-state index is -0.811. The van der Waals surface area contributed by atoms with Crippen molar-refractivity contribution in [3.8, 4) is 0 Å². The Bertz CT molecular complexity index is 152. The molecule has 0 aromatic carbocycles. The van der Waals surface area contributed by atoms with E-state index in [9.17, 15) is 9.59 Å². The van der Waals surface area contributed by atoms with Gasteiger partial charge in [0.2, 0.25) is 5.91 Å². The minimum absolute atomic E-state index is 0.722. The molecule has 0 radical (unpaired) electrons. The third-order valence-electron chi connectivity index (χ3n) is 0.500. The van der Waals surface area contributed by atoms with Gasteiger partial charge in [0.25, 0.3) is 0 Å². The van der Waals surface area contributed by atoms with E-state index in [2.05, 4.69) is 16.5 Å². The van der Waals surface area contributed by atoms with Crippen LogP contribution in [0, 0.1) is 0 Å². The maximum atomic E-state index is 10.1. The van der Waals surface area contributed by atoms with E-state index in [1.54, 1.807) is 0 Å². The topological polar surface area (TPSA) is 95.4 Å². The Morgan fingerprint density at radius 1 is 1.33 bits per heavy atom. The summed E-state index contributed by atoms with van der Waals surface area (Å²) in [6, 6.07) is 0. The Morgan fingerprint density at radius 2 is 1.89 bits per heavy atom. The molecule has 5 nitrogen and oxygen atoms in total. The van der Waals surface area contributed by atoms with Crippen LogP contribution >= 0.6 is 0 Å². The Hall–Kier alpha value is -1.36. The van der Waals surface area contributed by atoms with Crippen molar-refractivity contribution in [3.63, 3.8) is 0 Å². The highest BCUT2D eigenvalue weighted by atomic mass is 16.7. The monoisotopic (exact) mass is 130 g/mol. The first-order valence-corrected chi connectivity index (χ1v) is 2.05. The molecule has 5 heteroatoms. The van der Waals surface area contributed by atoms with Gasteiger partial charge in [0.1, 0.15) is 0 Å². The smallest absolute Gasteiger partial charge is 0.349 e. The highest BCUT2D eigenvalue weighted by Gasteiger charge is 1.91. The molecule has 4 N–H and O–H groups in total. The second kappa shape index (κ2) is 3.62. The zero-order valence-electron chi connectivity index (χ0n) is 4.53. The molecule has 0 saturated heterocycles. The van der Waals surface area contributed by atoms with Gasteiger partial charge in [-0.2, -0.15) is 5.90 Å². The minimum Gasteiger partial charge on any atom is -0.370 e. The molecular formula is C4H6N2O3. The first-order chi connectivity index (χ1) is 4.16. The number of carbonyl (C=O) groups excluding carboxylic acids is 2. The van der Waals surface area contributed by atoms with Crippen LogP contribution in [0.2, 0.25) is 0 Å². The molecule has 0 aromatic heterocycles. The number of primary amides is 1. The molecule has 1 amide bonds. The van der Waals surface area contributed by atoms with E-state index in [-0.39, 0.29) is 0 Å². The first-order valence-electron chi connectivity index (χ1n) is 2.05. The average Bonchev–Trinajstić information content (AvgIpc) is 1.83. The molecule has 0 heterocycles. The lowest BCUT2D eigenvalue weighted by Gasteiger charge is -1.84. The van der Waals surface area contributed by atoms with Gasteiger partial charge in [0.15, 0.2) is 0 Å². The van der Waals surface area contributed by atoms with Crippen LogP contribution in [0.3, 0.4) is 0 Å². The molecule has 0 bridgehead atoms. The summed E-state index contributed by atoms with van der Waals surface area (Å²) in [5.74, 6) is 2.87. The Labute approximate surface area is 51.2 Å². The van der Waals surface area contributed by atoms with E-state index in [1.807, 2.05) is 0 Å². The molecule has 0 atom stereocenters. The third-order valence-corrected chi connectivity index (χ3v) is 0.500. The number of rotatable bonds is 2. The lowest BCUT2D eigenvalue weighted by atomic mass is 10.5. The predicted octanol–water partition coefficient (Wildman–Crippen LogP) is -1.56. The number of carbonyl (C=O) groups is 2. The van der Waals surface area contributed by atoms with E-state index in [0.29, 0.717) is 0 Å². The summed E-state index contributed by atoms with van der Waals surface area (Å²) in [6.07, 6.45) is 1.69. The van der Waals surface area contributed by atoms with Crippen molar-refractivity contribution in [2.45, 2.75) is 0 Å². The van der Waals surface area contributed by atoms with E-state index in [1.165, 1.54) is 0 Å². The second-order valence-corrected chi connectivity index (χ2v) is 1.17. The van der Waals surface area contributed by atoms with E-state index in [4.69, 9.17) is 0 Å². The van der Waals surface area contributed by atoms with Crippen LogP contribution in [0.5, 0.6) is 0 Å². The fourth-order valence-electron chi connectivity index (χ4n) is 0.189. The van der Waals surface area contributed by atoms with E-state index >= 15 is 0 Å². The molecule has 0 unspecified atom stereocenters. The summed E-state index contributed by atoms with van der Waals surface area (Å²) >= 11 is 0. The summed E-state index contributed by atoms with van der Waals surface area (Å²) in [4.78, 5) is 23.6. The van der Waals surface area contributed by atoms with E-state index in [0.717, 1.165) is 12.2 Å². The van der Waals surface area contributed by atoms with Crippen LogP contribution in [-0.4, -0.2) is 11.9 Å². The van der Waals surface area contributed by atoms with Crippen LogP contribution in [0.1, 0.15) is 0 Å². The molecule has 0 aliphatic rings. The van der Waals surface area contributed by atoms with Gasteiger partial charge < -0.3 is 10.6 Å². The highest BCUT2D eigenvalue weighted by molar-refractivity contribution is 5.93. The average molecular weight is 130 g/mol. The van der Waals surface area contributed by atoms with Crippen LogP contribution < -0.4 is 11.6 Å². The van der Waals surface area contributed by atoms with Gasteiger partial charge in [-0.25, -0.2) is 4.79 Å². The second-order valence-electron chi connectivity index (χ2n) is 1.17. The Balaban J connectivity index is 3.71. The standard InChI is InChI=1S/C4H6N2O3/c5-3(7)1-2-4(8)9-6/h1-2H,6H2,(H2,5,7). The molecule has 9 heavy (non-hydrogen) atoms. The third kappa shape index (κ3) is 4.49. The van der Waals surface area contributed by atoms with Crippen molar-refractivity contribution in [1.29, 1.82) is 0 Å². The molecule has 0 saturated carbocycles. The van der Waals surface area contributed by atoms with Gasteiger partial charge in [-0.1, -0.05) is 0 Å². The quantitative estimate of drug-likeness (QED) is 0.349. The van der Waals surface area contributed by atoms with Crippen LogP contribution in [-0.2, 0) is 14.4 Å². The fraction of sp³-hybridized carbons (Fsp3) is 0. The van der Waals surface area contributed by atoms with Crippen molar-refractivity contribution in [3.05, 3.63) is 12.2 Å². The molecule has 50 valence electrons. The van der Waals surface area contributed by atoms with Gasteiger partial charge in [-0.15, -0.1) is 0 Å². The van der Waals surface area contributed by atoms with Crippen molar-refractivity contribution in [1.82, 2.24) is 0 Å². The van der Waals surface area contributed by atoms with Crippen molar-refractivity contribution >= 4 is 11.9 Å². The van der Waals surface area contributed by atoms with E-state index < -0.39 is 11.9 Å². The number of hydrogen-bond donors (Lipinski definition) is 2. The molecule has 0 aliphatic heterocycles. The first kappa shape index (κ1) is 7.64. The summed E-state index contributed by atoms with van der Waals surface area (Å²) in [5.41, 5.74) is 4.62. The number of hydrogen-bond acceptors (Lipinski definition) is 4. The summed E-state index contributed by atoms with van der Waals surface area (Å²) < 4.78 is 0. The maximum absolute atomic E-state index is 10.1. The van der Waals surface area contributed by atoms with Crippen molar-refractivity contribution < 1.29 is 14.4 Å². The molecule has 0 aliphatic carbocycles. The molecule has 0 aromatic rings. The SMILES string of the molecule is NOC(=O)C=CC(N)=O. The highest BCUT2D eigenvalue weighted by Crippen LogP contribution is 1.73. The van der Waals surface area contributed by atoms with Crippen LogP contribution in [0.4, 0.5) is 0 Å². The molecule has 0 spiro atoms. The molecular weight excluding hydrogens is 124 g/mol. The lowest BCUT2D eigenvalue weighted by Crippen LogP contribution is -2.10. The number of nitrogens with two attached hydrogens (primary N) is 2. The van der Waals surface area contributed by atoms with Crippen molar-refractivity contribution in [2.75, 3.05) is 0 Å². The summed E-state index contributed by atoms with van der Waals surface area (Å²) in [6.45, 7) is 0. The van der Waals surface area contributed by atoms with Crippen LogP contribution in [0.25, 0.3) is 0 Å². The van der Waals surface area contributed by atoms with Crippen molar-refractivity contribution in [2.24, 2.45) is 11.6 Å². The normalized spacial score (nSPS) is 9.44. The molecule has 0 rings (SSSR count). The Kier molecular flexibility index (Phi) is 3.07. The lowest BCUT2D eigenvalue weighted by molar-refractivity contribution is -0.138. The predicted molar refractivity (Wildman–Crippen MR) is 28.6 cm³/mol. The van der Waals surface area contributed by atoms with Gasteiger partial charge >= 0.3 is 5.97 Å².